The highest BCUT2D eigenvalue weighted by Crippen LogP contribution is 2.52. The quantitative estimate of drug-likeness (QED) is 0.836. The maximum Gasteiger partial charge on any atom is 0.137 e. The van der Waals surface area contributed by atoms with E-state index in [9.17, 15) is 0 Å². The molecule has 1 heterocycles. The predicted octanol–water partition coefficient (Wildman–Crippen LogP) is 3.12. The van der Waals surface area contributed by atoms with Gasteiger partial charge in [-0.15, -0.1) is 0 Å². The molecule has 3 rings (SSSR count). The molecule has 0 radical (unpaired) electrons. The first-order chi connectivity index (χ1) is 7.65. The van der Waals surface area contributed by atoms with Crippen LogP contribution in [0.15, 0.2) is 28.9 Å². The first-order valence-electron chi connectivity index (χ1n) is 5.88. The van der Waals surface area contributed by atoms with Crippen LogP contribution in [0.4, 0.5) is 0 Å². The van der Waals surface area contributed by atoms with Gasteiger partial charge in [0.2, 0.25) is 0 Å². The first-order valence-corrected chi connectivity index (χ1v) is 5.88. The number of aryl methyl sites for hydroxylation is 1. The van der Waals surface area contributed by atoms with Crippen LogP contribution in [-0.2, 0) is 5.41 Å². The second-order valence-electron chi connectivity index (χ2n) is 5.05. The molecule has 2 N–H and O–H groups in total. The molecule has 1 fully saturated rings. The Morgan fingerprint density at radius 1 is 1.38 bits per heavy atom. The average molecular weight is 215 g/mol. The fourth-order valence-corrected chi connectivity index (χ4v) is 2.68. The Balaban J connectivity index is 2.25. The predicted molar refractivity (Wildman–Crippen MR) is 65.5 cm³/mol. The Bertz CT molecular complexity index is 535. The van der Waals surface area contributed by atoms with Crippen LogP contribution >= 0.6 is 0 Å². The van der Waals surface area contributed by atoms with Crippen molar-refractivity contribution in [3.05, 3.63) is 35.6 Å². The molecule has 1 aliphatic rings. The lowest BCUT2D eigenvalue weighted by molar-refractivity contribution is 0.540. The lowest BCUT2D eigenvalue weighted by Gasteiger charge is -2.20. The number of nitrogens with two attached hydrogens (primary N) is 1. The van der Waals surface area contributed by atoms with E-state index in [1.165, 1.54) is 29.4 Å². The smallest absolute Gasteiger partial charge is 0.137 e. The van der Waals surface area contributed by atoms with Crippen LogP contribution in [0.5, 0.6) is 0 Å². The van der Waals surface area contributed by atoms with E-state index in [0.717, 1.165) is 5.58 Å². The second kappa shape index (κ2) is 3.11. The fourth-order valence-electron chi connectivity index (χ4n) is 2.68. The molecule has 2 heteroatoms. The molecule has 0 aliphatic heterocycles. The van der Waals surface area contributed by atoms with Crippen LogP contribution in [0.3, 0.4) is 0 Å². The Morgan fingerprint density at radius 2 is 2.12 bits per heavy atom. The van der Waals surface area contributed by atoms with Gasteiger partial charge in [0.15, 0.2) is 0 Å². The van der Waals surface area contributed by atoms with E-state index < -0.39 is 0 Å². The van der Waals surface area contributed by atoms with Crippen LogP contribution in [0.1, 0.15) is 30.9 Å². The van der Waals surface area contributed by atoms with Crippen molar-refractivity contribution in [1.82, 2.24) is 0 Å². The number of hydrogen-bond donors (Lipinski definition) is 1. The van der Waals surface area contributed by atoms with E-state index in [1.54, 1.807) is 0 Å². The average Bonchev–Trinajstić information content (AvgIpc) is 3.00. The summed E-state index contributed by atoms with van der Waals surface area (Å²) in [7, 11) is 0. The largest absolute Gasteiger partial charge is 0.464 e. The van der Waals surface area contributed by atoms with E-state index in [0.29, 0.717) is 0 Å². The van der Waals surface area contributed by atoms with E-state index in [2.05, 4.69) is 32.0 Å². The van der Waals surface area contributed by atoms with Crippen molar-refractivity contribution in [3.8, 4) is 0 Å². The molecule has 2 nitrogen and oxygen atoms in total. The standard InChI is InChI=1S/C14H17NO/c1-9-8-16-13-11(9)4-3-5-12(13)14(6-7-14)10(2)15/h3-5,8,10H,6-7,15H2,1-2H3. The number of benzene rings is 1. The summed E-state index contributed by atoms with van der Waals surface area (Å²) in [5.41, 5.74) is 9.83. The maximum atomic E-state index is 6.12. The maximum absolute atomic E-state index is 6.12. The Kier molecular flexibility index (Phi) is 1.93. The van der Waals surface area contributed by atoms with Gasteiger partial charge in [-0.05, 0) is 32.3 Å². The molecule has 1 unspecified atom stereocenters. The highest BCUT2D eigenvalue weighted by atomic mass is 16.3. The van der Waals surface area contributed by atoms with Crippen LogP contribution < -0.4 is 5.73 Å². The second-order valence-corrected chi connectivity index (χ2v) is 5.05. The highest BCUT2D eigenvalue weighted by molar-refractivity contribution is 5.85. The summed E-state index contributed by atoms with van der Waals surface area (Å²) in [5, 5.41) is 1.23. The zero-order chi connectivity index (χ0) is 11.3. The molecule has 0 bridgehead atoms. The molecular formula is C14H17NO. The Labute approximate surface area is 95.4 Å². The number of furan rings is 1. The summed E-state index contributed by atoms with van der Waals surface area (Å²) in [4.78, 5) is 0. The molecule has 1 aliphatic carbocycles. The van der Waals surface area contributed by atoms with Crippen molar-refractivity contribution < 1.29 is 4.42 Å². The van der Waals surface area contributed by atoms with Gasteiger partial charge in [0.05, 0.1) is 6.26 Å². The number of para-hydroxylation sites is 1. The van der Waals surface area contributed by atoms with Crippen LogP contribution in [0.25, 0.3) is 11.0 Å². The third-order valence-corrected chi connectivity index (χ3v) is 3.99. The number of fused-ring (bicyclic) bond motifs is 1. The zero-order valence-corrected chi connectivity index (χ0v) is 9.79. The van der Waals surface area contributed by atoms with E-state index in [1.807, 2.05) is 6.26 Å². The van der Waals surface area contributed by atoms with Gasteiger partial charge in [0, 0.05) is 22.4 Å². The molecule has 2 aromatic rings. The van der Waals surface area contributed by atoms with Gasteiger partial charge in [-0.1, -0.05) is 18.2 Å². The van der Waals surface area contributed by atoms with Crippen molar-refractivity contribution in [2.45, 2.75) is 38.1 Å². The molecule has 1 saturated carbocycles. The third kappa shape index (κ3) is 1.17. The molecule has 84 valence electrons. The lowest BCUT2D eigenvalue weighted by atomic mass is 9.88. The minimum absolute atomic E-state index is 0.170. The minimum Gasteiger partial charge on any atom is -0.464 e. The van der Waals surface area contributed by atoms with Gasteiger partial charge >= 0.3 is 0 Å². The van der Waals surface area contributed by atoms with Gasteiger partial charge in [-0.2, -0.15) is 0 Å². The number of rotatable bonds is 2. The molecular weight excluding hydrogens is 198 g/mol. The van der Waals surface area contributed by atoms with Crippen molar-refractivity contribution in [1.29, 1.82) is 0 Å². The van der Waals surface area contributed by atoms with Crippen LogP contribution in [-0.4, -0.2) is 6.04 Å². The van der Waals surface area contributed by atoms with Gasteiger partial charge < -0.3 is 10.2 Å². The zero-order valence-electron chi connectivity index (χ0n) is 9.79. The molecule has 16 heavy (non-hydrogen) atoms. The fraction of sp³-hybridized carbons (Fsp3) is 0.429. The van der Waals surface area contributed by atoms with Gasteiger partial charge in [0.1, 0.15) is 5.58 Å². The minimum atomic E-state index is 0.170. The highest BCUT2D eigenvalue weighted by Gasteiger charge is 2.48. The van der Waals surface area contributed by atoms with E-state index in [4.69, 9.17) is 10.2 Å². The lowest BCUT2D eigenvalue weighted by Crippen LogP contribution is -2.31. The van der Waals surface area contributed by atoms with Crippen LogP contribution in [0, 0.1) is 6.92 Å². The Morgan fingerprint density at radius 3 is 2.75 bits per heavy atom. The molecule has 0 spiro atoms. The van der Waals surface area contributed by atoms with E-state index in [-0.39, 0.29) is 11.5 Å². The summed E-state index contributed by atoms with van der Waals surface area (Å²) < 4.78 is 5.70. The molecule has 0 saturated heterocycles. The normalized spacial score (nSPS) is 19.9. The molecule has 1 aromatic carbocycles. The summed E-state index contributed by atoms with van der Waals surface area (Å²) in [6.07, 6.45) is 4.21. The van der Waals surface area contributed by atoms with Crippen molar-refractivity contribution in [2.24, 2.45) is 5.73 Å². The van der Waals surface area contributed by atoms with E-state index >= 15 is 0 Å². The van der Waals surface area contributed by atoms with Gasteiger partial charge in [0.25, 0.3) is 0 Å². The van der Waals surface area contributed by atoms with Crippen molar-refractivity contribution in [3.63, 3.8) is 0 Å². The summed E-state index contributed by atoms with van der Waals surface area (Å²) in [6.45, 7) is 4.18. The van der Waals surface area contributed by atoms with Crippen molar-refractivity contribution in [2.75, 3.05) is 0 Å². The van der Waals surface area contributed by atoms with Gasteiger partial charge in [-0.3, -0.25) is 0 Å². The van der Waals surface area contributed by atoms with Crippen LogP contribution in [0.2, 0.25) is 0 Å². The number of hydrogen-bond acceptors (Lipinski definition) is 2. The summed E-state index contributed by atoms with van der Waals surface area (Å²) in [5.74, 6) is 0. The summed E-state index contributed by atoms with van der Waals surface area (Å²) >= 11 is 0. The third-order valence-electron chi connectivity index (χ3n) is 3.99. The topological polar surface area (TPSA) is 39.2 Å². The Hall–Kier alpha value is -1.28. The first kappa shape index (κ1) is 9.91. The van der Waals surface area contributed by atoms with Crippen molar-refractivity contribution >= 4 is 11.0 Å². The SMILES string of the molecule is Cc1coc2c(C3(C(C)N)CC3)cccc12. The molecule has 1 atom stereocenters. The summed E-state index contributed by atoms with van der Waals surface area (Å²) in [6, 6.07) is 6.60. The molecule has 0 amide bonds. The molecule has 1 aromatic heterocycles. The monoisotopic (exact) mass is 215 g/mol. The van der Waals surface area contributed by atoms with Gasteiger partial charge in [-0.25, -0.2) is 0 Å².